The molecule has 0 aliphatic heterocycles. The van der Waals surface area contributed by atoms with Gasteiger partial charge in [-0.15, -0.1) is 11.3 Å². The van der Waals surface area contributed by atoms with E-state index in [0.29, 0.717) is 5.69 Å². The average Bonchev–Trinajstić information content (AvgIpc) is 2.82. The molecular formula is C12H13N3OS. The molecule has 1 N–H and O–H groups in total. The van der Waals surface area contributed by atoms with Crippen LogP contribution in [0.25, 0.3) is 0 Å². The molecule has 1 atom stereocenters. The van der Waals surface area contributed by atoms with E-state index in [9.17, 15) is 4.79 Å². The minimum Gasteiger partial charge on any atom is -0.348 e. The molecule has 0 bridgehead atoms. The first-order valence-corrected chi connectivity index (χ1v) is 6.23. The van der Waals surface area contributed by atoms with E-state index in [0.717, 1.165) is 6.42 Å². The lowest BCUT2D eigenvalue weighted by molar-refractivity contribution is 0.0935. The first-order chi connectivity index (χ1) is 8.25. The Bertz CT molecular complexity index is 470. The number of aromatic nitrogens is 2. The lowest BCUT2D eigenvalue weighted by Crippen LogP contribution is -2.34. The van der Waals surface area contributed by atoms with Gasteiger partial charge in [0.25, 0.3) is 5.91 Å². The molecule has 88 valence electrons. The smallest absolute Gasteiger partial charge is 0.271 e. The maximum Gasteiger partial charge on any atom is 0.271 e. The molecule has 4 nitrogen and oxygen atoms in total. The summed E-state index contributed by atoms with van der Waals surface area (Å²) in [5.41, 5.74) is 0.352. The third-order valence-electron chi connectivity index (χ3n) is 2.26. The zero-order valence-corrected chi connectivity index (χ0v) is 10.3. The molecule has 0 aromatic carbocycles. The molecule has 0 aliphatic carbocycles. The van der Waals surface area contributed by atoms with Gasteiger partial charge in [-0.3, -0.25) is 9.78 Å². The average molecular weight is 247 g/mol. The van der Waals surface area contributed by atoms with Crippen LogP contribution in [0.2, 0.25) is 0 Å². The second-order valence-electron chi connectivity index (χ2n) is 3.75. The molecule has 0 saturated heterocycles. The SMILES string of the molecule is C[C@H](Cc1cccs1)NC(=O)c1cnccn1. The fourth-order valence-corrected chi connectivity index (χ4v) is 2.33. The fraction of sp³-hybridized carbons (Fsp3) is 0.250. The van der Waals surface area contributed by atoms with Gasteiger partial charge in [-0.1, -0.05) is 6.07 Å². The van der Waals surface area contributed by atoms with Crippen LogP contribution in [0.5, 0.6) is 0 Å². The Kier molecular flexibility index (Phi) is 3.82. The number of nitrogens with zero attached hydrogens (tertiary/aromatic N) is 2. The Morgan fingerprint density at radius 2 is 2.41 bits per heavy atom. The van der Waals surface area contributed by atoms with Gasteiger partial charge in [0.15, 0.2) is 0 Å². The third kappa shape index (κ3) is 3.35. The predicted octanol–water partition coefficient (Wildman–Crippen LogP) is 1.90. The van der Waals surface area contributed by atoms with Gasteiger partial charge in [0, 0.05) is 29.7 Å². The Hall–Kier alpha value is -1.75. The number of carbonyl (C=O) groups excluding carboxylic acids is 1. The summed E-state index contributed by atoms with van der Waals surface area (Å²) in [7, 11) is 0. The second-order valence-corrected chi connectivity index (χ2v) is 4.78. The van der Waals surface area contributed by atoms with Gasteiger partial charge in [-0.05, 0) is 18.4 Å². The van der Waals surface area contributed by atoms with Crippen molar-refractivity contribution in [2.45, 2.75) is 19.4 Å². The van der Waals surface area contributed by atoms with Crippen LogP contribution >= 0.6 is 11.3 Å². The quantitative estimate of drug-likeness (QED) is 0.897. The minimum absolute atomic E-state index is 0.0863. The summed E-state index contributed by atoms with van der Waals surface area (Å²) in [6.45, 7) is 1.98. The molecule has 2 rings (SSSR count). The van der Waals surface area contributed by atoms with Gasteiger partial charge in [-0.25, -0.2) is 4.98 Å². The Labute approximate surface area is 104 Å². The number of amides is 1. The number of hydrogen-bond donors (Lipinski definition) is 1. The molecule has 0 fully saturated rings. The number of nitrogens with one attached hydrogen (secondary N) is 1. The number of rotatable bonds is 4. The standard InChI is InChI=1S/C12H13N3OS/c1-9(7-10-3-2-6-17-10)15-12(16)11-8-13-4-5-14-11/h2-6,8-9H,7H2,1H3,(H,15,16)/t9-/m1/s1. The summed E-state index contributed by atoms with van der Waals surface area (Å²) in [5, 5.41) is 4.93. The zero-order valence-electron chi connectivity index (χ0n) is 9.46. The van der Waals surface area contributed by atoms with Crippen molar-refractivity contribution in [2.24, 2.45) is 0 Å². The highest BCUT2D eigenvalue weighted by Crippen LogP contribution is 2.11. The molecule has 2 aromatic heterocycles. The van der Waals surface area contributed by atoms with E-state index in [1.54, 1.807) is 17.5 Å². The van der Waals surface area contributed by atoms with Crippen LogP contribution < -0.4 is 5.32 Å². The highest BCUT2D eigenvalue weighted by atomic mass is 32.1. The maximum atomic E-state index is 11.8. The van der Waals surface area contributed by atoms with E-state index in [-0.39, 0.29) is 11.9 Å². The molecule has 17 heavy (non-hydrogen) atoms. The van der Waals surface area contributed by atoms with Crippen LogP contribution in [0.1, 0.15) is 22.3 Å². The highest BCUT2D eigenvalue weighted by molar-refractivity contribution is 7.09. The monoisotopic (exact) mass is 247 g/mol. The van der Waals surface area contributed by atoms with Crippen LogP contribution in [-0.4, -0.2) is 21.9 Å². The van der Waals surface area contributed by atoms with E-state index in [4.69, 9.17) is 0 Å². The van der Waals surface area contributed by atoms with E-state index in [2.05, 4.69) is 21.4 Å². The van der Waals surface area contributed by atoms with Crippen molar-refractivity contribution in [3.8, 4) is 0 Å². The molecular weight excluding hydrogens is 234 g/mol. The molecule has 2 aromatic rings. The van der Waals surface area contributed by atoms with Crippen molar-refractivity contribution in [1.29, 1.82) is 0 Å². The first-order valence-electron chi connectivity index (χ1n) is 5.35. The first kappa shape index (κ1) is 11.7. The van der Waals surface area contributed by atoms with E-state index < -0.39 is 0 Å². The highest BCUT2D eigenvalue weighted by Gasteiger charge is 2.11. The van der Waals surface area contributed by atoms with Crippen LogP contribution in [0, 0.1) is 0 Å². The van der Waals surface area contributed by atoms with E-state index >= 15 is 0 Å². The van der Waals surface area contributed by atoms with Crippen LogP contribution in [0.3, 0.4) is 0 Å². The summed E-state index contributed by atoms with van der Waals surface area (Å²) in [5.74, 6) is -0.179. The Balaban J connectivity index is 1.91. The van der Waals surface area contributed by atoms with Crippen molar-refractivity contribution < 1.29 is 4.79 Å². The largest absolute Gasteiger partial charge is 0.348 e. The molecule has 0 unspecified atom stereocenters. The number of hydrogen-bond acceptors (Lipinski definition) is 4. The molecule has 0 aliphatic rings. The van der Waals surface area contributed by atoms with Gasteiger partial charge >= 0.3 is 0 Å². The molecule has 2 heterocycles. The van der Waals surface area contributed by atoms with E-state index in [1.807, 2.05) is 18.4 Å². The normalized spacial score (nSPS) is 12.1. The van der Waals surface area contributed by atoms with Crippen molar-refractivity contribution in [2.75, 3.05) is 0 Å². The molecule has 5 heteroatoms. The lowest BCUT2D eigenvalue weighted by Gasteiger charge is -2.12. The Morgan fingerprint density at radius 1 is 1.53 bits per heavy atom. The maximum absolute atomic E-state index is 11.8. The summed E-state index contributed by atoms with van der Waals surface area (Å²) in [6.07, 6.45) is 5.36. The third-order valence-corrected chi connectivity index (χ3v) is 3.16. The van der Waals surface area contributed by atoms with Gasteiger partial charge in [0.05, 0.1) is 6.20 Å². The van der Waals surface area contributed by atoms with Gasteiger partial charge in [-0.2, -0.15) is 0 Å². The van der Waals surface area contributed by atoms with Crippen LogP contribution in [0.15, 0.2) is 36.1 Å². The van der Waals surface area contributed by atoms with Gasteiger partial charge < -0.3 is 5.32 Å². The van der Waals surface area contributed by atoms with Crippen molar-refractivity contribution in [3.05, 3.63) is 46.7 Å². The number of thiophene rings is 1. The van der Waals surface area contributed by atoms with Crippen LogP contribution in [0.4, 0.5) is 0 Å². The summed E-state index contributed by atoms with van der Waals surface area (Å²) in [6, 6.07) is 4.16. The Morgan fingerprint density at radius 3 is 3.06 bits per heavy atom. The van der Waals surface area contributed by atoms with Crippen molar-refractivity contribution in [1.82, 2.24) is 15.3 Å². The lowest BCUT2D eigenvalue weighted by atomic mass is 10.2. The molecule has 0 radical (unpaired) electrons. The summed E-state index contributed by atoms with van der Waals surface area (Å²) < 4.78 is 0. The van der Waals surface area contributed by atoms with Crippen LogP contribution in [-0.2, 0) is 6.42 Å². The van der Waals surface area contributed by atoms with Gasteiger partial charge in [0.1, 0.15) is 5.69 Å². The zero-order chi connectivity index (χ0) is 12.1. The number of carbonyl (C=O) groups is 1. The molecule has 0 spiro atoms. The second kappa shape index (κ2) is 5.54. The summed E-state index contributed by atoms with van der Waals surface area (Å²) in [4.78, 5) is 20.9. The topological polar surface area (TPSA) is 54.9 Å². The van der Waals surface area contributed by atoms with Crippen molar-refractivity contribution in [3.63, 3.8) is 0 Å². The summed E-state index contributed by atoms with van der Waals surface area (Å²) >= 11 is 1.69. The van der Waals surface area contributed by atoms with Gasteiger partial charge in [0.2, 0.25) is 0 Å². The van der Waals surface area contributed by atoms with E-state index in [1.165, 1.54) is 17.3 Å². The minimum atomic E-state index is -0.179. The fourth-order valence-electron chi connectivity index (χ4n) is 1.50. The van der Waals surface area contributed by atoms with Crippen molar-refractivity contribution >= 4 is 17.2 Å². The predicted molar refractivity (Wildman–Crippen MR) is 67.0 cm³/mol. The molecule has 0 saturated carbocycles. The molecule has 1 amide bonds.